The first kappa shape index (κ1) is 51.9. The molecule has 0 aromatic heterocycles. The van der Waals surface area contributed by atoms with Crippen LogP contribution >= 0.6 is 0 Å². The van der Waals surface area contributed by atoms with Crippen LogP contribution in [0, 0.1) is 6.92 Å². The number of carboxylic acid groups (broad SMARTS) is 1. The van der Waals surface area contributed by atoms with Crippen molar-refractivity contribution in [3.05, 3.63) is 124 Å². The molecule has 11 nitrogen and oxygen atoms in total. The van der Waals surface area contributed by atoms with Crippen molar-refractivity contribution in [3.8, 4) is 5.75 Å². The van der Waals surface area contributed by atoms with E-state index in [4.69, 9.17) is 4.74 Å². The van der Waals surface area contributed by atoms with Crippen LogP contribution in [-0.2, 0) is 35.9 Å². The van der Waals surface area contributed by atoms with E-state index in [1.807, 2.05) is 13.8 Å². The number of hydrogen-bond donors (Lipinski definition) is 1. The summed E-state index contributed by atoms with van der Waals surface area (Å²) in [6.45, 7) is 14.3. The van der Waals surface area contributed by atoms with E-state index in [1.165, 1.54) is 58.9 Å². The van der Waals surface area contributed by atoms with E-state index in [0.717, 1.165) is 54.6 Å². The molecule has 3 aromatic rings. The van der Waals surface area contributed by atoms with Crippen molar-refractivity contribution in [2.45, 2.75) is 126 Å². The van der Waals surface area contributed by atoms with Crippen LogP contribution in [-0.4, -0.2) is 56.1 Å². The number of aliphatic carboxylic acids is 1. The molecule has 3 aromatic carbocycles. The van der Waals surface area contributed by atoms with E-state index >= 15 is 0 Å². The Kier molecular flexibility index (Phi) is 17.7. The third-order valence-electron chi connectivity index (χ3n) is 12.1. The summed E-state index contributed by atoms with van der Waals surface area (Å²) in [7, 11) is -9.36. The average molecular weight is 903 g/mol. The Balaban J connectivity index is 0.00000422. The van der Waals surface area contributed by atoms with Crippen LogP contribution in [0.2, 0.25) is 0 Å². The zero-order valence-electron chi connectivity index (χ0n) is 37.4. The number of unbranched alkanes of at least 4 members (excludes halogenated alkanes) is 3. The van der Waals surface area contributed by atoms with Gasteiger partial charge in [0, 0.05) is 47.4 Å². The van der Waals surface area contributed by atoms with Crippen LogP contribution in [0.1, 0.15) is 109 Å². The fraction of sp³-hybridized carbons (Fsp3) is 0.426. The molecule has 0 fully saturated rings. The molecule has 0 spiro atoms. The monoisotopic (exact) mass is 902 g/mol. The van der Waals surface area contributed by atoms with Gasteiger partial charge in [-0.05, 0) is 122 Å². The van der Waals surface area contributed by atoms with Crippen LogP contribution in [0.4, 0.5) is 11.4 Å². The number of ether oxygens (including phenoxy) is 1. The van der Waals surface area contributed by atoms with E-state index in [2.05, 4.69) is 80.0 Å². The molecular weight excluding hydrogens is 847 g/mol. The Morgan fingerprint density at radius 2 is 1.48 bits per heavy atom. The van der Waals surface area contributed by atoms with Gasteiger partial charge in [0.25, 0.3) is 0 Å². The van der Waals surface area contributed by atoms with Gasteiger partial charge in [0.05, 0.1) is 15.8 Å². The van der Waals surface area contributed by atoms with Crippen LogP contribution < -0.4 is 73.7 Å². The molecule has 15 heteroatoms. The number of nitrogens with zero attached hydrogens (tertiary/aromatic N) is 2. The fourth-order valence-corrected chi connectivity index (χ4v) is 9.82. The number of rotatable bonds is 16. The molecule has 6 rings (SSSR count). The van der Waals surface area contributed by atoms with Crippen LogP contribution in [0.25, 0.3) is 0 Å². The number of benzene rings is 3. The summed E-state index contributed by atoms with van der Waals surface area (Å²) in [5.74, 6) is 0.163. The van der Waals surface area contributed by atoms with Gasteiger partial charge in [0.1, 0.15) is 31.7 Å². The van der Waals surface area contributed by atoms with Gasteiger partial charge in [-0.3, -0.25) is 4.79 Å². The van der Waals surface area contributed by atoms with Crippen LogP contribution in [0.5, 0.6) is 5.75 Å². The van der Waals surface area contributed by atoms with Gasteiger partial charge >= 0.3 is 65.1 Å². The molecule has 0 amide bonds. The van der Waals surface area contributed by atoms with Crippen LogP contribution in [0.15, 0.2) is 117 Å². The van der Waals surface area contributed by atoms with E-state index in [9.17, 15) is 35.8 Å². The quantitative estimate of drug-likeness (QED) is 0.127. The zero-order chi connectivity index (χ0) is 43.6. The first-order valence-electron chi connectivity index (χ1n) is 20.8. The van der Waals surface area contributed by atoms with Gasteiger partial charge in [-0.2, -0.15) is 0 Å². The number of carboxylic acids is 1. The second kappa shape index (κ2) is 21.1. The second-order valence-electron chi connectivity index (χ2n) is 17.2. The van der Waals surface area contributed by atoms with Crippen molar-refractivity contribution < 1.29 is 99.7 Å². The molecule has 0 bridgehead atoms. The number of hydrogen-bond acceptors (Lipinski definition) is 10. The molecular formula is C47H56N2Na2O9S2. The molecule has 2 aliphatic heterocycles. The minimum absolute atomic E-state index is 0. The number of anilines is 2. The van der Waals surface area contributed by atoms with Gasteiger partial charge < -0.3 is 28.7 Å². The summed E-state index contributed by atoms with van der Waals surface area (Å²) < 4.78 is 78.3. The summed E-state index contributed by atoms with van der Waals surface area (Å²) in [6, 6.07) is 16.4. The van der Waals surface area contributed by atoms with Crippen molar-refractivity contribution in [3.63, 3.8) is 0 Å². The largest absolute Gasteiger partial charge is 1.00 e. The Morgan fingerprint density at radius 3 is 2.13 bits per heavy atom. The summed E-state index contributed by atoms with van der Waals surface area (Å²) in [6.07, 6.45) is 14.8. The van der Waals surface area contributed by atoms with E-state index < -0.39 is 31.6 Å². The molecule has 0 saturated carbocycles. The van der Waals surface area contributed by atoms with E-state index in [0.29, 0.717) is 43.7 Å². The predicted molar refractivity (Wildman–Crippen MR) is 232 cm³/mol. The molecule has 1 atom stereocenters. The van der Waals surface area contributed by atoms with Gasteiger partial charge in [-0.15, -0.1) is 0 Å². The molecule has 1 aliphatic carbocycles. The van der Waals surface area contributed by atoms with E-state index in [-0.39, 0.29) is 86.8 Å². The summed E-state index contributed by atoms with van der Waals surface area (Å²) in [5, 5.41) is 9.17. The first-order chi connectivity index (χ1) is 28.2. The molecule has 1 unspecified atom stereocenters. The van der Waals surface area contributed by atoms with E-state index in [1.54, 1.807) is 6.07 Å². The fourth-order valence-electron chi connectivity index (χ4n) is 8.85. The minimum Gasteiger partial charge on any atom is -0.744 e. The number of allylic oxidation sites excluding steroid dienone is 6. The normalized spacial score (nSPS) is 19.4. The molecule has 3 aliphatic rings. The van der Waals surface area contributed by atoms with Gasteiger partial charge in [-0.1, -0.05) is 83.4 Å². The Bertz CT molecular complexity index is 2480. The molecule has 0 radical (unpaired) electrons. The smallest absolute Gasteiger partial charge is 0.744 e. The molecule has 2 heterocycles. The number of aryl methyl sites for hydroxylation is 1. The van der Waals surface area contributed by atoms with Gasteiger partial charge in [0.2, 0.25) is 0 Å². The topological polar surface area (TPSA) is 167 Å². The third-order valence-corrected chi connectivity index (χ3v) is 13.8. The van der Waals surface area contributed by atoms with Crippen molar-refractivity contribution in [1.82, 2.24) is 0 Å². The maximum atomic E-state index is 12.1. The molecule has 0 saturated heterocycles. The summed E-state index contributed by atoms with van der Waals surface area (Å²) in [4.78, 5) is 15.2. The molecule has 1 N–H and O–H groups in total. The standard InChI is InChI=1S/C47H58N2O9S2.2Na/c1-7-8-28-48-40-24-16-32(2)30-38(40)46(3,4)42(48)26-17-33-13-12-14-34(45(33)58-35-19-21-36(22-20-35)59(52,53)54)18-27-43-47(5,6)39-31-37(60(55,56)57)23-25-41(39)49(43)29-11-9-10-15-44(50)51;;/h16-27,30-31,43H,7-15,28-29H2,1-6H3,(H,50,51)(H,52,53,54)(H,55,56,57);;/q;2*+1/p-2/b27-18+,33-17+,42-26+;;. The Labute approximate surface area is 412 Å². The summed E-state index contributed by atoms with van der Waals surface area (Å²) in [5.41, 5.74) is 7.41. The molecule has 322 valence electrons. The Morgan fingerprint density at radius 1 is 0.823 bits per heavy atom. The SMILES string of the molecule is CCCCN1/C(=C/C=C2\CCCC(/C=C/C3N(CCCCCC(=O)O)c4ccc(S(=O)(=O)[O-])cc4C3(C)C)=C2Oc2ccc(S(=O)(=O)[O-])cc2)C(C)(C)c2cc(C)ccc21.[Na+].[Na+]. The maximum absolute atomic E-state index is 12.1. The van der Waals surface area contributed by atoms with Crippen molar-refractivity contribution in [2.75, 3.05) is 22.9 Å². The van der Waals surface area contributed by atoms with Gasteiger partial charge in [-0.25, -0.2) is 16.8 Å². The second-order valence-corrected chi connectivity index (χ2v) is 19.9. The predicted octanol–water partition coefficient (Wildman–Crippen LogP) is 3.40. The Hall–Kier alpha value is -2.69. The van der Waals surface area contributed by atoms with Crippen molar-refractivity contribution in [2.24, 2.45) is 0 Å². The zero-order valence-corrected chi connectivity index (χ0v) is 43.0. The van der Waals surface area contributed by atoms with Gasteiger partial charge in [0.15, 0.2) is 0 Å². The van der Waals surface area contributed by atoms with Crippen molar-refractivity contribution >= 4 is 37.6 Å². The first-order valence-corrected chi connectivity index (χ1v) is 23.6. The summed E-state index contributed by atoms with van der Waals surface area (Å²) >= 11 is 0. The van der Waals surface area contributed by atoms with Crippen LogP contribution in [0.3, 0.4) is 0 Å². The number of fused-ring (bicyclic) bond motifs is 2. The number of carbonyl (C=O) groups is 1. The minimum atomic E-state index is -4.70. The third kappa shape index (κ3) is 11.6. The maximum Gasteiger partial charge on any atom is 1.00 e. The van der Waals surface area contributed by atoms with Crippen molar-refractivity contribution in [1.29, 1.82) is 0 Å². The average Bonchev–Trinajstić information content (AvgIpc) is 3.52. The molecule has 62 heavy (non-hydrogen) atoms.